The molecule has 0 saturated carbocycles. The van der Waals surface area contributed by atoms with Crippen LogP contribution in [0.1, 0.15) is 38.7 Å². The van der Waals surface area contributed by atoms with Crippen molar-refractivity contribution in [3.8, 4) is 5.75 Å². The van der Waals surface area contributed by atoms with Gasteiger partial charge in [0.1, 0.15) is 16.5 Å². The van der Waals surface area contributed by atoms with E-state index >= 15 is 0 Å². The van der Waals surface area contributed by atoms with Gasteiger partial charge in [-0.15, -0.1) is 0 Å². The average molecular weight is 532 g/mol. The van der Waals surface area contributed by atoms with Gasteiger partial charge in [-0.2, -0.15) is 0 Å². The van der Waals surface area contributed by atoms with E-state index in [4.69, 9.17) is 9.15 Å². The van der Waals surface area contributed by atoms with Crippen LogP contribution in [0.3, 0.4) is 0 Å². The van der Waals surface area contributed by atoms with Gasteiger partial charge in [-0.3, -0.25) is 9.59 Å². The first-order valence-corrected chi connectivity index (χ1v) is 13.1. The number of carbonyl (C=O) groups is 2. The first-order valence-electron chi connectivity index (χ1n) is 11.7. The maximum absolute atomic E-state index is 13.6. The lowest BCUT2D eigenvalue weighted by Gasteiger charge is -2.39. The molecule has 0 unspecified atom stereocenters. The van der Waals surface area contributed by atoms with Crippen molar-refractivity contribution in [1.29, 1.82) is 0 Å². The number of amides is 2. The Labute approximate surface area is 212 Å². The minimum Gasteiger partial charge on any atom is -0.489 e. The first kappa shape index (κ1) is 25.0. The molecular formula is C24H26FN5O6S. The van der Waals surface area contributed by atoms with Gasteiger partial charge in [-0.1, -0.05) is 0 Å². The normalized spacial score (nSPS) is 20.7. The van der Waals surface area contributed by atoms with Gasteiger partial charge >= 0.3 is 0 Å². The molecule has 196 valence electrons. The monoisotopic (exact) mass is 531 g/mol. The highest BCUT2D eigenvalue weighted by Crippen LogP contribution is 2.35. The van der Waals surface area contributed by atoms with Gasteiger partial charge in [0.05, 0.1) is 6.61 Å². The van der Waals surface area contributed by atoms with Gasteiger partial charge in [0.25, 0.3) is 11.8 Å². The molecule has 11 nitrogen and oxygen atoms in total. The summed E-state index contributed by atoms with van der Waals surface area (Å²) in [6.45, 7) is 3.86. The summed E-state index contributed by atoms with van der Waals surface area (Å²) in [7, 11) is -2.49. The summed E-state index contributed by atoms with van der Waals surface area (Å²) in [6, 6.07) is 3.68. The summed E-state index contributed by atoms with van der Waals surface area (Å²) < 4.78 is 55.5. The Morgan fingerprint density at radius 3 is 2.76 bits per heavy atom. The van der Waals surface area contributed by atoms with Crippen molar-refractivity contribution in [3.63, 3.8) is 0 Å². The number of piperidine rings is 1. The third-order valence-corrected chi connectivity index (χ3v) is 8.22. The number of oxazole rings is 1. The Kier molecular flexibility index (Phi) is 6.28. The second-order valence-corrected chi connectivity index (χ2v) is 11.0. The lowest BCUT2D eigenvalue weighted by atomic mass is 9.93. The minimum absolute atomic E-state index is 0.00256. The fourth-order valence-electron chi connectivity index (χ4n) is 4.74. The predicted octanol–water partition coefficient (Wildman–Crippen LogP) is 2.22. The van der Waals surface area contributed by atoms with E-state index < -0.39 is 27.8 Å². The van der Waals surface area contributed by atoms with Crippen LogP contribution in [-0.2, 0) is 17.1 Å². The predicted molar refractivity (Wildman–Crippen MR) is 129 cm³/mol. The molecular weight excluding hydrogens is 505 g/mol. The fraction of sp³-hybridized carbons (Fsp3) is 0.375. The fourth-order valence-corrected chi connectivity index (χ4v) is 6.27. The van der Waals surface area contributed by atoms with E-state index in [1.807, 2.05) is 0 Å². The summed E-state index contributed by atoms with van der Waals surface area (Å²) in [5, 5.41) is 2.68. The number of anilines is 1. The van der Waals surface area contributed by atoms with Crippen molar-refractivity contribution in [2.45, 2.75) is 31.2 Å². The molecule has 2 aliphatic rings. The van der Waals surface area contributed by atoms with Crippen molar-refractivity contribution < 1.29 is 31.6 Å². The summed E-state index contributed by atoms with van der Waals surface area (Å²) in [6.07, 6.45) is 2.92. The van der Waals surface area contributed by atoms with Gasteiger partial charge in [0.2, 0.25) is 10.0 Å². The molecule has 2 amide bonds. The van der Waals surface area contributed by atoms with Crippen LogP contribution in [-0.4, -0.2) is 60.4 Å². The molecule has 4 heterocycles. The molecule has 0 aliphatic carbocycles. The number of hydrogen-bond acceptors (Lipinski definition) is 7. The first-order chi connectivity index (χ1) is 17.5. The van der Waals surface area contributed by atoms with Gasteiger partial charge in [0.15, 0.2) is 23.5 Å². The third kappa shape index (κ3) is 4.60. The number of rotatable bonds is 3. The number of likely N-dealkylation sites (tertiary alicyclic amines) is 1. The van der Waals surface area contributed by atoms with E-state index in [1.165, 1.54) is 35.4 Å². The van der Waals surface area contributed by atoms with Gasteiger partial charge in [-0.25, -0.2) is 22.5 Å². The standard InChI is InChI=1S/C24H26FN5O6S/c1-13-8-16(4-5-17(13)25)27-23(31)21-22-19(10-29(21)3)37(33,34)28-18-6-7-30(9-15(18)11-35-22)24(32)20-14(2)36-12-26-20/h4-5,8,10,12,15,18,28H,6-7,9,11H2,1-3H3,(H,27,31)/t15-,18+/m0/s1. The molecule has 1 aromatic carbocycles. The van der Waals surface area contributed by atoms with E-state index in [-0.39, 0.29) is 47.0 Å². The number of aryl methyl sites for hydroxylation is 3. The van der Waals surface area contributed by atoms with Crippen LogP contribution in [0.25, 0.3) is 0 Å². The van der Waals surface area contributed by atoms with Crippen LogP contribution >= 0.6 is 0 Å². The smallest absolute Gasteiger partial charge is 0.276 e. The van der Waals surface area contributed by atoms with Gasteiger partial charge < -0.3 is 23.9 Å². The molecule has 2 aromatic heterocycles. The molecule has 0 spiro atoms. The summed E-state index contributed by atoms with van der Waals surface area (Å²) in [4.78, 5) is 31.6. The number of aromatic nitrogens is 2. The van der Waals surface area contributed by atoms with Crippen LogP contribution < -0.4 is 14.8 Å². The van der Waals surface area contributed by atoms with E-state index in [0.29, 0.717) is 30.0 Å². The molecule has 5 rings (SSSR count). The molecule has 3 aromatic rings. The summed E-state index contributed by atoms with van der Waals surface area (Å²) in [5.41, 5.74) is 0.926. The second-order valence-electron chi connectivity index (χ2n) is 9.30. The maximum Gasteiger partial charge on any atom is 0.276 e. The lowest BCUT2D eigenvalue weighted by molar-refractivity contribution is 0.0575. The van der Waals surface area contributed by atoms with Gasteiger partial charge in [-0.05, 0) is 44.0 Å². The number of nitrogens with one attached hydrogen (secondary N) is 2. The Morgan fingerprint density at radius 1 is 1.27 bits per heavy atom. The summed E-state index contributed by atoms with van der Waals surface area (Å²) >= 11 is 0. The number of halogens is 1. The zero-order valence-corrected chi connectivity index (χ0v) is 21.3. The minimum atomic E-state index is -4.04. The zero-order chi connectivity index (χ0) is 26.5. The molecule has 2 aliphatic heterocycles. The highest BCUT2D eigenvalue weighted by Gasteiger charge is 2.40. The summed E-state index contributed by atoms with van der Waals surface area (Å²) in [5.74, 6) is -1.36. The molecule has 37 heavy (non-hydrogen) atoms. The Hall–Kier alpha value is -3.71. The lowest BCUT2D eigenvalue weighted by Crippen LogP contribution is -2.54. The van der Waals surface area contributed by atoms with Crippen LogP contribution in [0.2, 0.25) is 0 Å². The Bertz CT molecular complexity index is 1500. The molecule has 2 atom stereocenters. The van der Waals surface area contributed by atoms with E-state index in [1.54, 1.807) is 25.8 Å². The van der Waals surface area contributed by atoms with Crippen molar-refractivity contribution in [1.82, 2.24) is 19.2 Å². The second kappa shape index (κ2) is 9.30. The van der Waals surface area contributed by atoms with Crippen LogP contribution in [0.4, 0.5) is 10.1 Å². The van der Waals surface area contributed by atoms with E-state index in [0.717, 1.165) is 0 Å². The highest BCUT2D eigenvalue weighted by atomic mass is 32.2. The van der Waals surface area contributed by atoms with Crippen molar-refractivity contribution in [3.05, 3.63) is 59.3 Å². The number of hydrogen-bond donors (Lipinski definition) is 2. The Morgan fingerprint density at radius 2 is 2.05 bits per heavy atom. The van der Waals surface area contributed by atoms with Crippen molar-refractivity contribution in [2.24, 2.45) is 13.0 Å². The topological polar surface area (TPSA) is 136 Å². The van der Waals surface area contributed by atoms with Gasteiger partial charge in [0, 0.05) is 44.0 Å². The van der Waals surface area contributed by atoms with Crippen molar-refractivity contribution in [2.75, 3.05) is 25.0 Å². The molecule has 2 N–H and O–H groups in total. The quantitative estimate of drug-likeness (QED) is 0.529. The maximum atomic E-state index is 13.6. The molecule has 13 heteroatoms. The average Bonchev–Trinajstić information content (AvgIpc) is 3.42. The SMILES string of the molecule is Cc1cc(NC(=O)c2c3c(cn2C)S(=O)(=O)N[C@@H]2CCN(C(=O)c4ncoc4C)C[C@H]2CO3)ccc1F. The molecule has 1 saturated heterocycles. The molecule has 0 radical (unpaired) electrons. The largest absolute Gasteiger partial charge is 0.489 e. The van der Waals surface area contributed by atoms with Crippen molar-refractivity contribution >= 4 is 27.5 Å². The number of nitrogens with zero attached hydrogens (tertiary/aromatic N) is 3. The number of sulfonamides is 1. The van der Waals surface area contributed by atoms with Crippen LogP contribution in [0.15, 0.2) is 40.1 Å². The Balaban J connectivity index is 1.41. The molecule has 1 fully saturated rings. The number of ether oxygens (including phenoxy) is 1. The highest BCUT2D eigenvalue weighted by molar-refractivity contribution is 7.89. The number of carbonyl (C=O) groups excluding carboxylic acids is 2. The number of fused-ring (bicyclic) bond motifs is 2. The van der Waals surface area contributed by atoms with Crippen LogP contribution in [0, 0.1) is 25.6 Å². The van der Waals surface area contributed by atoms with E-state index in [2.05, 4.69) is 15.0 Å². The zero-order valence-electron chi connectivity index (χ0n) is 20.4. The molecule has 0 bridgehead atoms. The van der Waals surface area contributed by atoms with Crippen LogP contribution in [0.5, 0.6) is 5.75 Å². The number of benzene rings is 1. The van der Waals surface area contributed by atoms with E-state index in [9.17, 15) is 22.4 Å². The third-order valence-electron chi connectivity index (χ3n) is 6.74.